The van der Waals surface area contributed by atoms with Crippen molar-refractivity contribution < 1.29 is 14.3 Å². The van der Waals surface area contributed by atoms with Gasteiger partial charge in [0.2, 0.25) is 5.91 Å². The molecule has 0 atom stereocenters. The lowest BCUT2D eigenvalue weighted by molar-refractivity contribution is -0.134. The van der Waals surface area contributed by atoms with Gasteiger partial charge in [0.15, 0.2) is 0 Å². The number of hydrogen-bond donors (Lipinski definition) is 1. The number of nitrogens with zero attached hydrogens (tertiary/aromatic N) is 2. The molecule has 0 aromatic heterocycles. The highest BCUT2D eigenvalue weighted by Gasteiger charge is 2.48. The highest BCUT2D eigenvalue weighted by atomic mass is 35.5. The van der Waals surface area contributed by atoms with Crippen LogP contribution >= 0.6 is 11.6 Å². The van der Waals surface area contributed by atoms with Gasteiger partial charge in [-0.05, 0) is 74.2 Å². The number of rotatable bonds is 5. The molecule has 6 nitrogen and oxygen atoms in total. The summed E-state index contributed by atoms with van der Waals surface area (Å²) in [6, 6.07) is 14.2. The second-order valence-electron chi connectivity index (χ2n) is 7.68. The first-order chi connectivity index (χ1) is 14.5. The molecule has 1 aliphatic heterocycles. The van der Waals surface area contributed by atoms with Crippen LogP contribution in [0.1, 0.15) is 37.7 Å². The Labute approximate surface area is 180 Å². The number of halogens is 1. The van der Waals surface area contributed by atoms with Crippen LogP contribution in [0.15, 0.2) is 53.5 Å². The Bertz CT molecular complexity index is 964. The van der Waals surface area contributed by atoms with Crippen molar-refractivity contribution >= 4 is 34.8 Å². The Balaban J connectivity index is 1.57. The summed E-state index contributed by atoms with van der Waals surface area (Å²) in [7, 11) is 1.60. The number of carbonyl (C=O) groups is 2. The normalized spacial score (nSPS) is 17.7. The van der Waals surface area contributed by atoms with Crippen LogP contribution < -0.4 is 10.1 Å². The summed E-state index contributed by atoms with van der Waals surface area (Å²) >= 11 is 5.91. The average molecular weight is 426 g/mol. The Hall–Kier alpha value is -2.86. The van der Waals surface area contributed by atoms with Crippen LogP contribution in [0.2, 0.25) is 5.02 Å². The van der Waals surface area contributed by atoms with Crippen LogP contribution in [0.3, 0.4) is 0 Å². The first-order valence-corrected chi connectivity index (χ1v) is 10.5. The molecule has 4 rings (SSSR count). The number of methoxy groups -OCH3 is 1. The van der Waals surface area contributed by atoms with Gasteiger partial charge in [0, 0.05) is 16.3 Å². The largest absolute Gasteiger partial charge is 0.497 e. The van der Waals surface area contributed by atoms with Crippen molar-refractivity contribution in [2.24, 2.45) is 4.99 Å². The lowest BCUT2D eigenvalue weighted by Gasteiger charge is -2.38. The quantitative estimate of drug-likeness (QED) is 0.777. The molecule has 30 heavy (non-hydrogen) atoms. The van der Waals surface area contributed by atoms with Crippen molar-refractivity contribution in [2.75, 3.05) is 19.0 Å². The first kappa shape index (κ1) is 20.4. The van der Waals surface area contributed by atoms with Crippen molar-refractivity contribution in [3.05, 3.63) is 59.1 Å². The molecule has 1 heterocycles. The Morgan fingerprint density at radius 1 is 1.10 bits per heavy atom. The molecule has 1 aliphatic carbocycles. The van der Waals surface area contributed by atoms with Gasteiger partial charge < -0.3 is 15.0 Å². The van der Waals surface area contributed by atoms with Crippen LogP contribution in [-0.2, 0) is 9.59 Å². The third-order valence-electron chi connectivity index (χ3n) is 5.72. The Kier molecular flexibility index (Phi) is 5.77. The van der Waals surface area contributed by atoms with Gasteiger partial charge in [-0.2, -0.15) is 0 Å². The van der Waals surface area contributed by atoms with Crippen LogP contribution in [0.5, 0.6) is 5.75 Å². The van der Waals surface area contributed by atoms with Gasteiger partial charge >= 0.3 is 0 Å². The van der Waals surface area contributed by atoms with Gasteiger partial charge in [0.05, 0.1) is 7.11 Å². The number of carbonyl (C=O) groups excluding carboxylic acids is 2. The molecule has 0 bridgehead atoms. The molecule has 1 saturated carbocycles. The van der Waals surface area contributed by atoms with E-state index < -0.39 is 5.66 Å². The third kappa shape index (κ3) is 4.05. The minimum absolute atomic E-state index is 0.0371. The van der Waals surface area contributed by atoms with Crippen molar-refractivity contribution in [2.45, 2.75) is 37.8 Å². The summed E-state index contributed by atoms with van der Waals surface area (Å²) in [5, 5.41) is 3.45. The summed E-state index contributed by atoms with van der Waals surface area (Å²) in [4.78, 5) is 32.6. The molecule has 2 aromatic rings. The molecule has 0 saturated heterocycles. The lowest BCUT2D eigenvalue weighted by Crippen LogP contribution is -2.51. The van der Waals surface area contributed by atoms with E-state index in [2.05, 4.69) is 5.32 Å². The molecule has 2 amide bonds. The average Bonchev–Trinajstić information content (AvgIpc) is 3.02. The maximum atomic E-state index is 13.3. The molecule has 1 N–H and O–H groups in total. The summed E-state index contributed by atoms with van der Waals surface area (Å²) in [5.41, 5.74) is 1.16. The minimum atomic E-state index is -0.637. The van der Waals surface area contributed by atoms with Crippen molar-refractivity contribution in [1.29, 1.82) is 0 Å². The van der Waals surface area contributed by atoms with Gasteiger partial charge in [0.1, 0.15) is 23.7 Å². The summed E-state index contributed by atoms with van der Waals surface area (Å²) in [6.45, 7) is -0.0371. The fourth-order valence-electron chi connectivity index (χ4n) is 4.17. The highest BCUT2D eigenvalue weighted by Crippen LogP contribution is 2.39. The van der Waals surface area contributed by atoms with Crippen LogP contribution in [-0.4, -0.2) is 41.7 Å². The molecule has 156 valence electrons. The number of benzene rings is 2. The predicted molar refractivity (Wildman–Crippen MR) is 117 cm³/mol. The van der Waals surface area contributed by atoms with E-state index in [0.717, 1.165) is 43.4 Å². The van der Waals surface area contributed by atoms with Crippen LogP contribution in [0.25, 0.3) is 0 Å². The summed E-state index contributed by atoms with van der Waals surface area (Å²) < 4.78 is 5.21. The molecule has 1 fully saturated rings. The Morgan fingerprint density at radius 2 is 1.77 bits per heavy atom. The maximum Gasteiger partial charge on any atom is 0.275 e. The van der Waals surface area contributed by atoms with E-state index in [0.29, 0.717) is 16.4 Å². The van der Waals surface area contributed by atoms with Gasteiger partial charge in [-0.3, -0.25) is 14.6 Å². The summed E-state index contributed by atoms with van der Waals surface area (Å²) in [6.07, 6.45) is 4.64. The molecule has 1 spiro atoms. The molecule has 2 aromatic carbocycles. The topological polar surface area (TPSA) is 71.0 Å². The van der Waals surface area contributed by atoms with Crippen LogP contribution in [0.4, 0.5) is 5.69 Å². The smallest absolute Gasteiger partial charge is 0.275 e. The monoisotopic (exact) mass is 425 g/mol. The van der Waals surface area contributed by atoms with Gasteiger partial charge in [-0.1, -0.05) is 18.0 Å². The van der Waals surface area contributed by atoms with E-state index in [9.17, 15) is 9.59 Å². The van der Waals surface area contributed by atoms with Gasteiger partial charge in [-0.15, -0.1) is 0 Å². The predicted octanol–water partition coefficient (Wildman–Crippen LogP) is 4.28. The molecule has 0 unspecified atom stereocenters. The van der Waals surface area contributed by atoms with E-state index in [1.807, 2.05) is 24.3 Å². The van der Waals surface area contributed by atoms with E-state index >= 15 is 0 Å². The number of anilines is 1. The molecular weight excluding hydrogens is 402 g/mol. The molecule has 0 radical (unpaired) electrons. The second-order valence-corrected chi connectivity index (χ2v) is 8.11. The van der Waals surface area contributed by atoms with E-state index in [1.165, 1.54) is 0 Å². The van der Waals surface area contributed by atoms with Crippen molar-refractivity contribution in [3.8, 4) is 5.75 Å². The number of hydrogen-bond acceptors (Lipinski definition) is 4. The fourth-order valence-corrected chi connectivity index (χ4v) is 4.29. The van der Waals surface area contributed by atoms with Crippen molar-refractivity contribution in [3.63, 3.8) is 0 Å². The second kappa shape index (κ2) is 8.48. The molecular formula is C23H24ClN3O3. The maximum absolute atomic E-state index is 13.3. The standard InChI is InChI=1S/C23H24ClN3O3/c1-30-19-11-5-16(6-12-19)21-22(29)27(23(26-21)13-3-2-4-14-23)15-20(28)25-18-9-7-17(24)8-10-18/h5-12H,2-4,13-15H2,1H3,(H,25,28). The van der Waals surface area contributed by atoms with Gasteiger partial charge in [-0.25, -0.2) is 0 Å². The van der Waals surface area contributed by atoms with E-state index in [4.69, 9.17) is 21.3 Å². The third-order valence-corrected chi connectivity index (χ3v) is 5.97. The zero-order valence-electron chi connectivity index (χ0n) is 16.9. The van der Waals surface area contributed by atoms with E-state index in [1.54, 1.807) is 36.3 Å². The zero-order chi connectivity index (χ0) is 21.1. The SMILES string of the molecule is COc1ccc(C2=NC3(CCCCC3)N(CC(=O)Nc3ccc(Cl)cc3)C2=O)cc1. The van der Waals surface area contributed by atoms with Gasteiger partial charge in [0.25, 0.3) is 5.91 Å². The summed E-state index contributed by atoms with van der Waals surface area (Å²) in [5.74, 6) is 0.270. The zero-order valence-corrected chi connectivity index (χ0v) is 17.6. The van der Waals surface area contributed by atoms with Crippen molar-refractivity contribution in [1.82, 2.24) is 4.90 Å². The number of nitrogens with one attached hydrogen (secondary N) is 1. The Morgan fingerprint density at radius 3 is 2.40 bits per heavy atom. The lowest BCUT2D eigenvalue weighted by atomic mass is 9.88. The number of amides is 2. The first-order valence-electron chi connectivity index (χ1n) is 10.1. The molecule has 2 aliphatic rings. The fraction of sp³-hybridized carbons (Fsp3) is 0.348. The molecule has 7 heteroatoms. The van der Waals surface area contributed by atoms with E-state index in [-0.39, 0.29) is 18.4 Å². The van der Waals surface area contributed by atoms with Crippen LogP contribution in [0, 0.1) is 0 Å². The highest BCUT2D eigenvalue weighted by molar-refractivity contribution is 6.47. The number of aliphatic imine (C=N–C) groups is 1. The minimum Gasteiger partial charge on any atom is -0.497 e. The number of ether oxygens (including phenoxy) is 1.